The van der Waals surface area contributed by atoms with Crippen LogP contribution in [0.1, 0.15) is 46.5 Å². The first-order valence-corrected chi connectivity index (χ1v) is 7.51. The van der Waals surface area contributed by atoms with Crippen LogP contribution < -0.4 is 10.6 Å². The number of halogens is 1. The van der Waals surface area contributed by atoms with Crippen molar-refractivity contribution in [2.45, 2.75) is 52.0 Å². The largest absolute Gasteiger partial charge is 0.323 e. The Kier molecular flexibility index (Phi) is 6.68. The van der Waals surface area contributed by atoms with Crippen molar-refractivity contribution in [2.24, 2.45) is 5.92 Å². The fourth-order valence-electron chi connectivity index (χ4n) is 2.48. The van der Waals surface area contributed by atoms with Gasteiger partial charge in [0, 0.05) is 12.6 Å². The Balaban J connectivity index is 0.00000220. The highest BCUT2D eigenvalue weighted by molar-refractivity contribution is 5.90. The summed E-state index contributed by atoms with van der Waals surface area (Å²) in [5, 5.41) is 10.6. The fraction of sp³-hybridized carbons (Fsp3) is 0.733. The maximum Gasteiger partial charge on any atom is 0.224 e. The van der Waals surface area contributed by atoms with Crippen molar-refractivity contribution < 1.29 is 4.79 Å². The van der Waals surface area contributed by atoms with E-state index in [0.717, 1.165) is 25.2 Å². The lowest BCUT2D eigenvalue weighted by Crippen LogP contribution is -2.28. The molecule has 0 unspecified atom stereocenters. The molecule has 0 saturated carbocycles. The maximum absolute atomic E-state index is 12.0. The lowest BCUT2D eigenvalue weighted by atomic mass is 9.93. The SMILES string of the molecule is CC(C)(C)n1cc(NC(=O)CCC2CCNCC2)cn1.Cl. The van der Waals surface area contributed by atoms with E-state index in [-0.39, 0.29) is 23.9 Å². The molecule has 120 valence electrons. The van der Waals surface area contributed by atoms with Crippen LogP contribution in [0.4, 0.5) is 5.69 Å². The molecular weight excluding hydrogens is 288 g/mol. The first-order chi connectivity index (χ1) is 9.45. The van der Waals surface area contributed by atoms with E-state index in [1.54, 1.807) is 6.20 Å². The van der Waals surface area contributed by atoms with E-state index in [1.165, 1.54) is 12.8 Å². The first kappa shape index (κ1) is 18.0. The Morgan fingerprint density at radius 1 is 1.43 bits per heavy atom. The highest BCUT2D eigenvalue weighted by Crippen LogP contribution is 2.19. The van der Waals surface area contributed by atoms with Crippen molar-refractivity contribution in [3.63, 3.8) is 0 Å². The van der Waals surface area contributed by atoms with Gasteiger partial charge in [-0.1, -0.05) is 0 Å². The average molecular weight is 315 g/mol. The number of nitrogens with zero attached hydrogens (tertiary/aromatic N) is 2. The van der Waals surface area contributed by atoms with Gasteiger partial charge in [0.1, 0.15) is 0 Å². The minimum atomic E-state index is -0.0575. The second kappa shape index (κ2) is 7.80. The highest BCUT2D eigenvalue weighted by atomic mass is 35.5. The van der Waals surface area contributed by atoms with Gasteiger partial charge in [-0.25, -0.2) is 0 Å². The number of hydrogen-bond donors (Lipinski definition) is 2. The first-order valence-electron chi connectivity index (χ1n) is 7.51. The summed E-state index contributed by atoms with van der Waals surface area (Å²) in [7, 11) is 0. The molecule has 0 radical (unpaired) electrons. The van der Waals surface area contributed by atoms with E-state index < -0.39 is 0 Å². The van der Waals surface area contributed by atoms with E-state index in [4.69, 9.17) is 0 Å². The summed E-state index contributed by atoms with van der Waals surface area (Å²) in [6.07, 6.45) is 7.58. The van der Waals surface area contributed by atoms with Gasteiger partial charge in [-0.05, 0) is 59.0 Å². The number of anilines is 1. The summed E-state index contributed by atoms with van der Waals surface area (Å²) in [5.41, 5.74) is 0.730. The zero-order valence-electron chi connectivity index (χ0n) is 13.2. The minimum Gasteiger partial charge on any atom is -0.323 e. The summed E-state index contributed by atoms with van der Waals surface area (Å²) >= 11 is 0. The van der Waals surface area contributed by atoms with Gasteiger partial charge in [0.15, 0.2) is 0 Å². The van der Waals surface area contributed by atoms with Crippen LogP contribution in [0, 0.1) is 5.92 Å². The van der Waals surface area contributed by atoms with Crippen LogP contribution in [0.15, 0.2) is 12.4 Å². The quantitative estimate of drug-likeness (QED) is 0.898. The Hall–Kier alpha value is -1.07. The maximum atomic E-state index is 12.0. The molecule has 21 heavy (non-hydrogen) atoms. The molecule has 1 fully saturated rings. The normalized spacial score (nSPS) is 16.3. The van der Waals surface area contributed by atoms with Gasteiger partial charge in [-0.3, -0.25) is 9.48 Å². The van der Waals surface area contributed by atoms with Gasteiger partial charge >= 0.3 is 0 Å². The Bertz CT molecular complexity index is 447. The molecular formula is C15H27ClN4O. The summed E-state index contributed by atoms with van der Waals surface area (Å²) in [6, 6.07) is 0. The molecule has 5 nitrogen and oxygen atoms in total. The van der Waals surface area contributed by atoms with Crippen LogP contribution >= 0.6 is 12.4 Å². The number of amides is 1. The van der Waals surface area contributed by atoms with E-state index in [2.05, 4.69) is 36.5 Å². The van der Waals surface area contributed by atoms with Gasteiger partial charge in [-0.15, -0.1) is 12.4 Å². The van der Waals surface area contributed by atoms with Crippen molar-refractivity contribution >= 4 is 24.0 Å². The summed E-state index contributed by atoms with van der Waals surface area (Å²) in [4.78, 5) is 12.0. The molecule has 1 aliphatic heterocycles. The van der Waals surface area contributed by atoms with Crippen molar-refractivity contribution in [1.82, 2.24) is 15.1 Å². The lowest BCUT2D eigenvalue weighted by Gasteiger charge is -2.22. The molecule has 0 aromatic carbocycles. The van der Waals surface area contributed by atoms with E-state index in [0.29, 0.717) is 12.3 Å². The number of hydrogen-bond acceptors (Lipinski definition) is 3. The molecule has 2 N–H and O–H groups in total. The Morgan fingerprint density at radius 2 is 2.10 bits per heavy atom. The smallest absolute Gasteiger partial charge is 0.224 e. The number of carbonyl (C=O) groups is 1. The van der Waals surface area contributed by atoms with Crippen molar-refractivity contribution in [3.8, 4) is 0 Å². The lowest BCUT2D eigenvalue weighted by molar-refractivity contribution is -0.116. The zero-order chi connectivity index (χ0) is 14.6. The van der Waals surface area contributed by atoms with E-state index in [1.807, 2.05) is 10.9 Å². The molecule has 1 aromatic rings. The van der Waals surface area contributed by atoms with Crippen LogP contribution in [0.2, 0.25) is 0 Å². The fourth-order valence-corrected chi connectivity index (χ4v) is 2.48. The van der Waals surface area contributed by atoms with Gasteiger partial charge in [0.2, 0.25) is 5.91 Å². The number of aromatic nitrogens is 2. The molecule has 1 saturated heterocycles. The third-order valence-corrected chi connectivity index (χ3v) is 3.79. The monoisotopic (exact) mass is 314 g/mol. The topological polar surface area (TPSA) is 59.0 Å². The van der Waals surface area contributed by atoms with Crippen LogP contribution in [-0.4, -0.2) is 28.8 Å². The van der Waals surface area contributed by atoms with Crippen molar-refractivity contribution in [1.29, 1.82) is 0 Å². The van der Waals surface area contributed by atoms with Gasteiger partial charge in [-0.2, -0.15) is 5.10 Å². The zero-order valence-corrected chi connectivity index (χ0v) is 14.0. The number of nitrogens with one attached hydrogen (secondary N) is 2. The number of piperidine rings is 1. The highest BCUT2D eigenvalue weighted by Gasteiger charge is 2.16. The summed E-state index contributed by atoms with van der Waals surface area (Å²) in [6.45, 7) is 8.43. The minimum absolute atomic E-state index is 0. The number of rotatable bonds is 4. The molecule has 0 spiro atoms. The predicted molar refractivity (Wildman–Crippen MR) is 87.9 cm³/mol. The van der Waals surface area contributed by atoms with Gasteiger partial charge in [0.25, 0.3) is 0 Å². The van der Waals surface area contributed by atoms with E-state index in [9.17, 15) is 4.79 Å². The Labute approximate surface area is 133 Å². The summed E-state index contributed by atoms with van der Waals surface area (Å²) < 4.78 is 1.87. The molecule has 6 heteroatoms. The van der Waals surface area contributed by atoms with Gasteiger partial charge < -0.3 is 10.6 Å². The van der Waals surface area contributed by atoms with E-state index >= 15 is 0 Å². The second-order valence-electron chi connectivity index (χ2n) is 6.62. The third kappa shape index (κ3) is 5.67. The van der Waals surface area contributed by atoms with Crippen molar-refractivity contribution in [2.75, 3.05) is 18.4 Å². The summed E-state index contributed by atoms with van der Waals surface area (Å²) in [5.74, 6) is 0.788. The molecule has 0 bridgehead atoms. The molecule has 1 aromatic heterocycles. The van der Waals surface area contributed by atoms with Crippen molar-refractivity contribution in [3.05, 3.63) is 12.4 Å². The average Bonchev–Trinajstić information content (AvgIpc) is 2.86. The second-order valence-corrected chi connectivity index (χ2v) is 6.62. The van der Waals surface area contributed by atoms with Crippen LogP contribution in [0.25, 0.3) is 0 Å². The number of carbonyl (C=O) groups excluding carboxylic acids is 1. The Morgan fingerprint density at radius 3 is 2.67 bits per heavy atom. The molecule has 2 heterocycles. The van der Waals surface area contributed by atoms with Crippen LogP contribution in [0.5, 0.6) is 0 Å². The third-order valence-electron chi connectivity index (χ3n) is 3.79. The molecule has 1 aliphatic rings. The van der Waals surface area contributed by atoms with Gasteiger partial charge in [0.05, 0.1) is 17.4 Å². The molecule has 0 aliphatic carbocycles. The molecule has 0 atom stereocenters. The predicted octanol–water partition coefficient (Wildman–Crippen LogP) is 2.78. The van der Waals surface area contributed by atoms with Crippen LogP contribution in [-0.2, 0) is 10.3 Å². The molecule has 2 rings (SSSR count). The van der Waals surface area contributed by atoms with Crippen LogP contribution in [0.3, 0.4) is 0 Å². The standard InChI is InChI=1S/C15H26N4O.ClH/c1-15(2,3)19-11-13(10-17-19)18-14(20)5-4-12-6-8-16-9-7-12;/h10-12,16H,4-9H2,1-3H3,(H,18,20);1H. The molecule has 1 amide bonds.